The van der Waals surface area contributed by atoms with Crippen molar-refractivity contribution in [1.82, 2.24) is 5.31 Å². The molecule has 138 valence electrons. The van der Waals surface area contributed by atoms with E-state index in [1.807, 2.05) is 0 Å². The molecule has 1 heterocycles. The first-order valence-corrected chi connectivity index (χ1v) is 9.98. The molecule has 4 rings (SSSR count). The van der Waals surface area contributed by atoms with Crippen molar-refractivity contribution in [2.45, 2.75) is 59.0 Å². The second kappa shape index (κ2) is 6.51. The van der Waals surface area contributed by atoms with E-state index >= 15 is 0 Å². The van der Waals surface area contributed by atoms with E-state index in [0.717, 1.165) is 49.9 Å². The summed E-state index contributed by atoms with van der Waals surface area (Å²) in [5, 5.41) is 14.1. The van der Waals surface area contributed by atoms with Gasteiger partial charge in [0.1, 0.15) is 7.01 Å². The van der Waals surface area contributed by atoms with Crippen molar-refractivity contribution >= 4 is 0 Å². The predicted octanol–water partition coefficient (Wildman–Crippen LogP) is 4.25. The minimum absolute atomic E-state index is 0.151. The number of hydrogen-bond donors (Lipinski definition) is 2. The van der Waals surface area contributed by atoms with Crippen LogP contribution in [0.4, 0.5) is 0 Å². The highest BCUT2D eigenvalue weighted by Crippen LogP contribution is 2.48. The van der Waals surface area contributed by atoms with Gasteiger partial charge in [0, 0.05) is 0 Å². The van der Waals surface area contributed by atoms with Crippen LogP contribution in [-0.4, -0.2) is 18.2 Å². The summed E-state index contributed by atoms with van der Waals surface area (Å²) in [5.74, 6) is 0.151. The standard InChI is InChI=1S/C24H31NO/c1-15-5-8-22-19(13-15)6-7-21-18(4)16(2)14-17(3)23(21)24(22,26)20-9-11-25-12-10-20/h5,8,13-14,20,25-26H,6-7,9-12H2,1-4H3/i/hT. The maximum Gasteiger partial charge on any atom is 0.122 e. The number of piperidine rings is 1. The molecule has 1 saturated heterocycles. The summed E-state index contributed by atoms with van der Waals surface area (Å²) in [5.41, 5.74) is 9.03. The van der Waals surface area contributed by atoms with E-state index in [1.165, 1.54) is 33.4 Å². The molecule has 1 aliphatic carbocycles. The molecule has 1 atom stereocenters. The van der Waals surface area contributed by atoms with Gasteiger partial charge in [0.2, 0.25) is 0 Å². The molecule has 2 aromatic carbocycles. The molecule has 1 fully saturated rings. The van der Waals surface area contributed by atoms with Gasteiger partial charge >= 0.3 is 0 Å². The molecule has 0 saturated carbocycles. The Kier molecular flexibility index (Phi) is 4.14. The van der Waals surface area contributed by atoms with Crippen molar-refractivity contribution in [2.24, 2.45) is 5.92 Å². The second-order valence-electron chi connectivity index (χ2n) is 8.36. The Hall–Kier alpha value is -1.64. The molecule has 1 unspecified atom stereocenters. The third-order valence-corrected chi connectivity index (χ3v) is 6.73. The summed E-state index contributed by atoms with van der Waals surface area (Å²) in [6.07, 6.45) is 3.69. The Morgan fingerprint density at radius 1 is 1.04 bits per heavy atom. The maximum atomic E-state index is 12.5. The Morgan fingerprint density at radius 3 is 2.50 bits per heavy atom. The Balaban J connectivity index is 1.99. The van der Waals surface area contributed by atoms with Crippen molar-refractivity contribution in [2.75, 3.05) is 13.1 Å². The lowest BCUT2D eigenvalue weighted by atomic mass is 9.69. The van der Waals surface area contributed by atoms with E-state index in [1.54, 1.807) is 5.31 Å². The van der Waals surface area contributed by atoms with E-state index in [-0.39, 0.29) is 5.92 Å². The smallest absolute Gasteiger partial charge is 0.122 e. The number of aryl methyl sites for hydroxylation is 4. The van der Waals surface area contributed by atoms with Crippen molar-refractivity contribution < 1.29 is 6.52 Å². The number of hydrogen-bond acceptors (Lipinski definition) is 2. The minimum atomic E-state index is -0.960. The third kappa shape index (κ3) is 2.62. The molecule has 0 amide bonds. The Labute approximate surface area is 159 Å². The summed E-state index contributed by atoms with van der Waals surface area (Å²) >= 11 is 0. The lowest BCUT2D eigenvalue weighted by Crippen LogP contribution is -2.44. The molecule has 0 spiro atoms. The molecular weight excluding hydrogens is 318 g/mol. The fraction of sp³-hybridized carbons (Fsp3) is 0.500. The maximum absolute atomic E-state index is 12.5. The zero-order valence-corrected chi connectivity index (χ0v) is 16.5. The highest BCUT2D eigenvalue weighted by Gasteiger charge is 2.45. The molecule has 1 aliphatic heterocycles. The third-order valence-electron chi connectivity index (χ3n) is 6.73. The molecular formula is C24H31NO. The van der Waals surface area contributed by atoms with E-state index in [4.69, 9.17) is 1.41 Å². The normalized spacial score (nSPS) is 24.6. The Morgan fingerprint density at radius 2 is 1.77 bits per heavy atom. The van der Waals surface area contributed by atoms with Crippen LogP contribution in [0.5, 0.6) is 0 Å². The largest absolute Gasteiger partial charge is 0.380 e. The van der Waals surface area contributed by atoms with Crippen LogP contribution in [-0.2, 0) is 18.4 Å². The molecule has 26 heavy (non-hydrogen) atoms. The topological polar surface area (TPSA) is 32.3 Å². The van der Waals surface area contributed by atoms with Gasteiger partial charge in [0.05, 0.1) is 0 Å². The highest BCUT2D eigenvalue weighted by molar-refractivity contribution is 5.56. The molecule has 2 N–H and O–H groups in total. The first-order valence-electron chi connectivity index (χ1n) is 10.4. The van der Waals surface area contributed by atoms with Gasteiger partial charge in [-0.05, 0) is 111 Å². The van der Waals surface area contributed by atoms with Gasteiger partial charge in [-0.1, -0.05) is 29.8 Å². The Bertz CT molecular complexity index is 882. The number of benzene rings is 2. The average Bonchev–Trinajstić information content (AvgIpc) is 2.75. The monoisotopic (exact) mass is 351 g/mol. The average molecular weight is 352 g/mol. The van der Waals surface area contributed by atoms with Gasteiger partial charge in [-0.25, -0.2) is 0 Å². The van der Waals surface area contributed by atoms with Crippen LogP contribution in [0.15, 0.2) is 24.3 Å². The van der Waals surface area contributed by atoms with Gasteiger partial charge in [0.25, 0.3) is 0 Å². The first kappa shape index (κ1) is 16.5. The van der Waals surface area contributed by atoms with Crippen LogP contribution in [0.3, 0.4) is 0 Å². The van der Waals surface area contributed by atoms with Crippen LogP contribution in [0, 0.1) is 33.6 Å². The van der Waals surface area contributed by atoms with Crippen LogP contribution in [0.1, 0.15) is 57.3 Å². The number of nitrogens with one attached hydrogen (secondary N) is 1. The molecule has 2 nitrogen and oxygen atoms in total. The minimum Gasteiger partial charge on any atom is -0.380 e. The quantitative estimate of drug-likeness (QED) is 0.805. The van der Waals surface area contributed by atoms with Crippen molar-refractivity contribution in [1.29, 1.82) is 0 Å². The zero-order valence-electron chi connectivity index (χ0n) is 17.5. The number of aliphatic hydroxyl groups is 1. The lowest BCUT2D eigenvalue weighted by molar-refractivity contribution is 0.00126. The molecule has 2 heteroatoms. The molecule has 2 aromatic rings. The fourth-order valence-electron chi connectivity index (χ4n) is 5.30. The van der Waals surface area contributed by atoms with Gasteiger partial charge in [-0.2, -0.15) is 0 Å². The van der Waals surface area contributed by atoms with Gasteiger partial charge in [0.15, 0.2) is 0 Å². The van der Waals surface area contributed by atoms with E-state index in [0.29, 0.717) is 0 Å². The van der Waals surface area contributed by atoms with Crippen LogP contribution in [0.25, 0.3) is 0 Å². The van der Waals surface area contributed by atoms with E-state index in [2.05, 4.69) is 52.0 Å². The van der Waals surface area contributed by atoms with Crippen molar-refractivity contribution in [3.63, 3.8) is 0 Å². The molecule has 0 aromatic heterocycles. The highest BCUT2D eigenvalue weighted by atomic mass is 16.3. The fourth-order valence-corrected chi connectivity index (χ4v) is 5.30. The van der Waals surface area contributed by atoms with E-state index < -0.39 is 5.60 Å². The van der Waals surface area contributed by atoms with Crippen LogP contribution in [0.2, 0.25) is 1.41 Å². The SMILES string of the molecule is [3H]N1CCC(C2(O)c3ccc(C)cc3CCc3c(C)c(C)cc(C)c32)CC1. The summed E-state index contributed by atoms with van der Waals surface area (Å²) in [7, 11) is 0. The van der Waals surface area contributed by atoms with Gasteiger partial charge in [-0.3, -0.25) is 0 Å². The summed E-state index contributed by atoms with van der Waals surface area (Å²) < 4.78 is 7.96. The van der Waals surface area contributed by atoms with E-state index in [9.17, 15) is 5.11 Å². The number of fused-ring (bicyclic) bond motifs is 2. The molecule has 2 aliphatic rings. The summed E-state index contributed by atoms with van der Waals surface area (Å²) in [6.45, 7) is 10.1. The number of rotatable bonds is 1. The van der Waals surface area contributed by atoms with Crippen molar-refractivity contribution in [3.8, 4) is 0 Å². The van der Waals surface area contributed by atoms with Gasteiger partial charge < -0.3 is 10.4 Å². The molecule has 0 radical (unpaired) electrons. The zero-order chi connectivity index (χ0) is 19.3. The van der Waals surface area contributed by atoms with Crippen LogP contribution >= 0.6 is 0 Å². The predicted molar refractivity (Wildman–Crippen MR) is 108 cm³/mol. The van der Waals surface area contributed by atoms with Crippen molar-refractivity contribution in [3.05, 3.63) is 68.8 Å². The molecule has 0 bridgehead atoms. The lowest BCUT2D eigenvalue weighted by Gasteiger charge is -2.42. The van der Waals surface area contributed by atoms with Crippen LogP contribution < -0.4 is 5.31 Å². The van der Waals surface area contributed by atoms with Gasteiger partial charge in [-0.15, -0.1) is 0 Å². The summed E-state index contributed by atoms with van der Waals surface area (Å²) in [4.78, 5) is 0. The first-order chi connectivity index (χ1) is 12.8. The summed E-state index contributed by atoms with van der Waals surface area (Å²) in [6, 6.07) is 8.83. The second-order valence-corrected chi connectivity index (χ2v) is 8.36.